The Labute approximate surface area is 110 Å². The average molecular weight is 248 g/mol. The minimum absolute atomic E-state index is 0.230. The Morgan fingerprint density at radius 3 is 2.94 bits per heavy atom. The van der Waals surface area contributed by atoms with Crippen molar-refractivity contribution in [1.29, 1.82) is 0 Å². The van der Waals surface area contributed by atoms with Gasteiger partial charge in [-0.1, -0.05) is 23.8 Å². The van der Waals surface area contributed by atoms with Crippen LogP contribution in [-0.2, 0) is 6.54 Å². The Morgan fingerprint density at radius 1 is 1.39 bits per heavy atom. The van der Waals surface area contributed by atoms with E-state index in [9.17, 15) is 0 Å². The predicted molar refractivity (Wildman–Crippen MR) is 74.7 cm³/mol. The second-order valence-corrected chi connectivity index (χ2v) is 5.33. The van der Waals surface area contributed by atoms with E-state index in [1.165, 1.54) is 23.1 Å². The van der Waals surface area contributed by atoms with Crippen molar-refractivity contribution in [1.82, 2.24) is 10.2 Å². The van der Waals surface area contributed by atoms with Crippen molar-refractivity contribution < 1.29 is 5.11 Å². The first-order chi connectivity index (χ1) is 8.69. The van der Waals surface area contributed by atoms with Gasteiger partial charge in [-0.15, -0.1) is 0 Å². The molecule has 1 aromatic rings. The van der Waals surface area contributed by atoms with Crippen molar-refractivity contribution in [3.05, 3.63) is 34.9 Å². The fourth-order valence-electron chi connectivity index (χ4n) is 2.68. The van der Waals surface area contributed by atoms with Crippen LogP contribution in [0.4, 0.5) is 0 Å². The SMILES string of the molecule is Cc1ccc(CN2CCC(NCCO)C2)c(C)c1. The van der Waals surface area contributed by atoms with Crippen LogP contribution >= 0.6 is 0 Å². The van der Waals surface area contributed by atoms with Crippen LogP contribution in [0.15, 0.2) is 18.2 Å². The highest BCUT2D eigenvalue weighted by Gasteiger charge is 2.21. The molecule has 2 N–H and O–H groups in total. The van der Waals surface area contributed by atoms with E-state index in [4.69, 9.17) is 5.11 Å². The van der Waals surface area contributed by atoms with E-state index >= 15 is 0 Å². The van der Waals surface area contributed by atoms with E-state index in [0.717, 1.165) is 19.6 Å². The number of benzene rings is 1. The number of likely N-dealkylation sites (tertiary alicyclic amines) is 1. The van der Waals surface area contributed by atoms with Gasteiger partial charge in [0.05, 0.1) is 6.61 Å². The van der Waals surface area contributed by atoms with Crippen LogP contribution in [0.5, 0.6) is 0 Å². The Morgan fingerprint density at radius 2 is 2.22 bits per heavy atom. The molecule has 0 spiro atoms. The molecule has 18 heavy (non-hydrogen) atoms. The standard InChI is InChI=1S/C15H24N2O/c1-12-3-4-14(13(2)9-12)10-17-7-5-15(11-17)16-6-8-18/h3-4,9,15-16,18H,5-8,10-11H2,1-2H3. The summed E-state index contributed by atoms with van der Waals surface area (Å²) in [5, 5.41) is 12.2. The van der Waals surface area contributed by atoms with Gasteiger partial charge in [0, 0.05) is 32.2 Å². The van der Waals surface area contributed by atoms with Crippen LogP contribution in [0.1, 0.15) is 23.1 Å². The zero-order valence-electron chi connectivity index (χ0n) is 11.4. The molecule has 100 valence electrons. The molecular weight excluding hydrogens is 224 g/mol. The molecule has 1 saturated heterocycles. The number of aliphatic hydroxyl groups excluding tert-OH is 1. The van der Waals surface area contributed by atoms with Crippen LogP contribution in [0, 0.1) is 13.8 Å². The van der Waals surface area contributed by atoms with Crippen molar-refractivity contribution in [3.63, 3.8) is 0 Å². The highest BCUT2D eigenvalue weighted by Crippen LogP contribution is 2.17. The summed E-state index contributed by atoms with van der Waals surface area (Å²) in [6, 6.07) is 7.24. The maximum Gasteiger partial charge on any atom is 0.0556 e. The number of rotatable bonds is 5. The zero-order chi connectivity index (χ0) is 13.0. The quantitative estimate of drug-likeness (QED) is 0.828. The molecule has 1 aromatic carbocycles. The lowest BCUT2D eigenvalue weighted by atomic mass is 10.1. The summed E-state index contributed by atoms with van der Waals surface area (Å²) in [5.74, 6) is 0. The molecule has 0 bridgehead atoms. The summed E-state index contributed by atoms with van der Waals surface area (Å²) >= 11 is 0. The summed E-state index contributed by atoms with van der Waals surface area (Å²) in [7, 11) is 0. The van der Waals surface area contributed by atoms with Crippen molar-refractivity contribution in [2.45, 2.75) is 32.9 Å². The molecule has 1 aliphatic rings. The Kier molecular flexibility index (Phi) is 4.75. The first kappa shape index (κ1) is 13.5. The van der Waals surface area contributed by atoms with Gasteiger partial charge >= 0.3 is 0 Å². The minimum atomic E-state index is 0.230. The molecule has 1 heterocycles. The van der Waals surface area contributed by atoms with E-state index < -0.39 is 0 Å². The first-order valence-corrected chi connectivity index (χ1v) is 6.82. The Balaban J connectivity index is 1.87. The summed E-state index contributed by atoms with van der Waals surface area (Å²) < 4.78 is 0. The van der Waals surface area contributed by atoms with Crippen molar-refractivity contribution in [3.8, 4) is 0 Å². The molecular formula is C15H24N2O. The summed E-state index contributed by atoms with van der Waals surface area (Å²) in [4.78, 5) is 2.49. The molecule has 0 aromatic heterocycles. The topological polar surface area (TPSA) is 35.5 Å². The number of hydrogen-bond donors (Lipinski definition) is 2. The number of aryl methyl sites for hydroxylation is 2. The van der Waals surface area contributed by atoms with Crippen molar-refractivity contribution in [2.24, 2.45) is 0 Å². The highest BCUT2D eigenvalue weighted by molar-refractivity contribution is 5.30. The lowest BCUT2D eigenvalue weighted by Gasteiger charge is -2.18. The number of nitrogens with zero attached hydrogens (tertiary/aromatic N) is 1. The van der Waals surface area contributed by atoms with E-state index in [0.29, 0.717) is 12.6 Å². The molecule has 3 nitrogen and oxygen atoms in total. The maximum atomic E-state index is 8.81. The van der Waals surface area contributed by atoms with Gasteiger partial charge in [0.1, 0.15) is 0 Å². The predicted octanol–water partition coefficient (Wildman–Crippen LogP) is 1.46. The minimum Gasteiger partial charge on any atom is -0.395 e. The molecule has 0 aliphatic carbocycles. The second-order valence-electron chi connectivity index (χ2n) is 5.33. The Hall–Kier alpha value is -0.900. The van der Waals surface area contributed by atoms with Crippen molar-refractivity contribution >= 4 is 0 Å². The van der Waals surface area contributed by atoms with Crippen LogP contribution in [0.3, 0.4) is 0 Å². The molecule has 0 amide bonds. The lowest BCUT2D eigenvalue weighted by Crippen LogP contribution is -2.34. The second kappa shape index (κ2) is 6.32. The molecule has 3 heteroatoms. The van der Waals surface area contributed by atoms with Gasteiger partial charge in [-0.05, 0) is 31.4 Å². The molecule has 1 unspecified atom stereocenters. The number of nitrogens with one attached hydrogen (secondary N) is 1. The van der Waals surface area contributed by atoms with Crippen LogP contribution in [0.25, 0.3) is 0 Å². The molecule has 1 aliphatic heterocycles. The van der Waals surface area contributed by atoms with Gasteiger partial charge in [0.15, 0.2) is 0 Å². The molecule has 2 rings (SSSR count). The van der Waals surface area contributed by atoms with Crippen LogP contribution in [0.2, 0.25) is 0 Å². The van der Waals surface area contributed by atoms with Crippen LogP contribution in [-0.4, -0.2) is 42.3 Å². The summed E-state index contributed by atoms with van der Waals surface area (Å²) in [6.45, 7) is 8.56. The fraction of sp³-hybridized carbons (Fsp3) is 0.600. The van der Waals surface area contributed by atoms with E-state index in [1.807, 2.05) is 0 Å². The molecule has 1 atom stereocenters. The van der Waals surface area contributed by atoms with E-state index in [1.54, 1.807) is 0 Å². The van der Waals surface area contributed by atoms with Crippen LogP contribution < -0.4 is 5.32 Å². The summed E-state index contributed by atoms with van der Waals surface area (Å²) in [5.41, 5.74) is 4.16. The van der Waals surface area contributed by atoms with Gasteiger partial charge in [0.25, 0.3) is 0 Å². The first-order valence-electron chi connectivity index (χ1n) is 6.82. The van der Waals surface area contributed by atoms with E-state index in [2.05, 4.69) is 42.3 Å². The van der Waals surface area contributed by atoms with Gasteiger partial charge < -0.3 is 10.4 Å². The Bertz CT molecular complexity index is 392. The lowest BCUT2D eigenvalue weighted by molar-refractivity contribution is 0.278. The average Bonchev–Trinajstić information content (AvgIpc) is 2.78. The molecule has 1 fully saturated rings. The normalized spacial score (nSPS) is 20.5. The number of hydrogen-bond acceptors (Lipinski definition) is 3. The largest absolute Gasteiger partial charge is 0.395 e. The smallest absolute Gasteiger partial charge is 0.0556 e. The monoisotopic (exact) mass is 248 g/mol. The third-order valence-corrected chi connectivity index (χ3v) is 3.71. The third kappa shape index (κ3) is 3.55. The highest BCUT2D eigenvalue weighted by atomic mass is 16.3. The van der Waals surface area contributed by atoms with Crippen molar-refractivity contribution in [2.75, 3.05) is 26.2 Å². The number of aliphatic hydroxyl groups is 1. The molecule has 0 saturated carbocycles. The maximum absolute atomic E-state index is 8.81. The van der Waals surface area contributed by atoms with Gasteiger partial charge in [0.2, 0.25) is 0 Å². The zero-order valence-corrected chi connectivity index (χ0v) is 11.4. The van der Waals surface area contributed by atoms with Gasteiger partial charge in [-0.25, -0.2) is 0 Å². The van der Waals surface area contributed by atoms with Gasteiger partial charge in [-0.2, -0.15) is 0 Å². The molecule has 0 radical (unpaired) electrons. The van der Waals surface area contributed by atoms with Gasteiger partial charge in [-0.3, -0.25) is 4.90 Å². The fourth-order valence-corrected chi connectivity index (χ4v) is 2.68. The van der Waals surface area contributed by atoms with E-state index in [-0.39, 0.29) is 6.61 Å². The summed E-state index contributed by atoms with van der Waals surface area (Å²) in [6.07, 6.45) is 1.19. The third-order valence-electron chi connectivity index (χ3n) is 3.71.